The number of benzene rings is 1. The monoisotopic (exact) mass is 283 g/mol. The van der Waals surface area contributed by atoms with Gasteiger partial charge in [0.2, 0.25) is 5.52 Å². The number of aryl methyl sites for hydroxylation is 2. The molecule has 0 bridgehead atoms. The molecule has 0 radical (unpaired) electrons. The average molecular weight is 283 g/mol. The van der Waals surface area contributed by atoms with E-state index in [0.29, 0.717) is 13.0 Å². The molecule has 1 aromatic heterocycles. The van der Waals surface area contributed by atoms with Gasteiger partial charge in [-0.3, -0.25) is 4.55 Å². The van der Waals surface area contributed by atoms with Gasteiger partial charge in [-0.05, 0) is 12.1 Å². The van der Waals surface area contributed by atoms with Gasteiger partial charge in [-0.25, -0.2) is 0 Å². The maximum absolute atomic E-state index is 10.7. The number of nitrogens with zero attached hydrogens (tertiary/aromatic N) is 1. The first-order valence-electron chi connectivity index (χ1n) is 5.81. The molecule has 0 aliphatic rings. The SMILES string of the molecule is Cc1ccc2ccccc2[n+]1CCCS(=O)(=O)O.[OH-]. The van der Waals surface area contributed by atoms with Crippen LogP contribution in [0.15, 0.2) is 36.4 Å². The zero-order chi connectivity index (χ0) is 13.2. The summed E-state index contributed by atoms with van der Waals surface area (Å²) >= 11 is 0. The summed E-state index contributed by atoms with van der Waals surface area (Å²) in [7, 11) is -3.87. The molecular weight excluding hydrogens is 266 g/mol. The van der Waals surface area contributed by atoms with E-state index in [1.54, 1.807) is 0 Å². The molecule has 0 amide bonds. The smallest absolute Gasteiger partial charge is 0.265 e. The lowest BCUT2D eigenvalue weighted by atomic mass is 10.2. The predicted octanol–water partition coefficient (Wildman–Crippen LogP) is 1.54. The summed E-state index contributed by atoms with van der Waals surface area (Å²) < 4.78 is 32.2. The van der Waals surface area contributed by atoms with E-state index in [4.69, 9.17) is 4.55 Å². The Kier molecular flexibility index (Phi) is 4.99. The number of fused-ring (bicyclic) bond motifs is 1. The molecule has 0 aliphatic heterocycles. The molecule has 0 fully saturated rings. The first-order valence-corrected chi connectivity index (χ1v) is 7.42. The molecule has 5 nitrogen and oxygen atoms in total. The Morgan fingerprint density at radius 2 is 1.84 bits per heavy atom. The normalized spacial score (nSPS) is 11.3. The predicted molar refractivity (Wildman–Crippen MR) is 71.8 cm³/mol. The van der Waals surface area contributed by atoms with Crippen LogP contribution >= 0.6 is 0 Å². The number of para-hydroxylation sites is 1. The Bertz CT molecular complexity index is 667. The Morgan fingerprint density at radius 1 is 1.16 bits per heavy atom. The van der Waals surface area contributed by atoms with Crippen molar-refractivity contribution in [2.75, 3.05) is 5.75 Å². The van der Waals surface area contributed by atoms with Gasteiger partial charge in [-0.15, -0.1) is 0 Å². The Balaban J connectivity index is 0.00000180. The number of rotatable bonds is 4. The lowest BCUT2D eigenvalue weighted by Gasteiger charge is -2.04. The van der Waals surface area contributed by atoms with E-state index in [9.17, 15) is 8.42 Å². The highest BCUT2D eigenvalue weighted by molar-refractivity contribution is 7.85. The Morgan fingerprint density at radius 3 is 2.53 bits per heavy atom. The molecule has 0 unspecified atom stereocenters. The quantitative estimate of drug-likeness (QED) is 0.681. The highest BCUT2D eigenvalue weighted by Gasteiger charge is 2.13. The zero-order valence-electron chi connectivity index (χ0n) is 10.7. The fourth-order valence-corrected chi connectivity index (χ4v) is 2.56. The van der Waals surface area contributed by atoms with Crippen molar-refractivity contribution in [3.05, 3.63) is 42.1 Å². The van der Waals surface area contributed by atoms with Gasteiger partial charge < -0.3 is 5.48 Å². The second-order valence-electron chi connectivity index (χ2n) is 4.32. The van der Waals surface area contributed by atoms with Crippen LogP contribution in [0.1, 0.15) is 12.1 Å². The van der Waals surface area contributed by atoms with Crippen LogP contribution in [0, 0.1) is 6.92 Å². The minimum Gasteiger partial charge on any atom is -0.870 e. The van der Waals surface area contributed by atoms with Crippen LogP contribution in [0.3, 0.4) is 0 Å². The molecule has 104 valence electrons. The van der Waals surface area contributed by atoms with E-state index in [1.165, 1.54) is 0 Å². The van der Waals surface area contributed by atoms with Crippen molar-refractivity contribution in [3.8, 4) is 0 Å². The second kappa shape index (κ2) is 6.10. The zero-order valence-corrected chi connectivity index (χ0v) is 11.5. The third-order valence-corrected chi connectivity index (χ3v) is 3.75. The van der Waals surface area contributed by atoms with E-state index in [0.717, 1.165) is 16.6 Å². The van der Waals surface area contributed by atoms with Crippen molar-refractivity contribution >= 4 is 21.0 Å². The fraction of sp³-hybridized carbons (Fsp3) is 0.308. The summed E-state index contributed by atoms with van der Waals surface area (Å²) in [5.74, 6) is -0.206. The van der Waals surface area contributed by atoms with Crippen LogP contribution in [-0.4, -0.2) is 24.2 Å². The lowest BCUT2D eigenvalue weighted by Crippen LogP contribution is -2.38. The minimum absolute atomic E-state index is 0. The first kappa shape index (κ1) is 15.6. The van der Waals surface area contributed by atoms with Gasteiger partial charge in [0.15, 0.2) is 5.69 Å². The van der Waals surface area contributed by atoms with E-state index in [2.05, 4.69) is 4.57 Å². The maximum atomic E-state index is 10.7. The van der Waals surface area contributed by atoms with E-state index in [1.807, 2.05) is 43.3 Å². The van der Waals surface area contributed by atoms with E-state index >= 15 is 0 Å². The average Bonchev–Trinajstić information content (AvgIpc) is 2.31. The summed E-state index contributed by atoms with van der Waals surface area (Å²) in [5.41, 5.74) is 2.15. The molecule has 0 saturated heterocycles. The molecule has 0 aliphatic carbocycles. The van der Waals surface area contributed by atoms with Crippen LogP contribution in [0.4, 0.5) is 0 Å². The van der Waals surface area contributed by atoms with Crippen molar-refractivity contribution in [1.29, 1.82) is 0 Å². The lowest BCUT2D eigenvalue weighted by molar-refractivity contribution is -0.677. The van der Waals surface area contributed by atoms with Gasteiger partial charge in [-0.2, -0.15) is 13.0 Å². The van der Waals surface area contributed by atoms with Crippen LogP contribution in [0.5, 0.6) is 0 Å². The van der Waals surface area contributed by atoms with Crippen molar-refractivity contribution in [3.63, 3.8) is 0 Å². The summed E-state index contributed by atoms with van der Waals surface area (Å²) in [6.07, 6.45) is 0.401. The van der Waals surface area contributed by atoms with Crippen LogP contribution in [-0.2, 0) is 16.7 Å². The van der Waals surface area contributed by atoms with Gasteiger partial charge in [0.05, 0.1) is 5.75 Å². The largest absolute Gasteiger partial charge is 0.870 e. The van der Waals surface area contributed by atoms with Gasteiger partial charge >= 0.3 is 0 Å². The van der Waals surface area contributed by atoms with Crippen LogP contribution in [0.2, 0.25) is 0 Å². The molecule has 19 heavy (non-hydrogen) atoms. The van der Waals surface area contributed by atoms with Gasteiger partial charge in [0.1, 0.15) is 6.54 Å². The molecule has 2 aromatic rings. The topological polar surface area (TPSA) is 88.2 Å². The number of hydrogen-bond donors (Lipinski definition) is 1. The molecule has 0 saturated carbocycles. The Hall–Kier alpha value is -1.50. The third-order valence-electron chi connectivity index (χ3n) is 2.94. The second-order valence-corrected chi connectivity index (χ2v) is 5.90. The highest BCUT2D eigenvalue weighted by Crippen LogP contribution is 2.10. The van der Waals surface area contributed by atoms with Crippen molar-refractivity contribution in [2.24, 2.45) is 0 Å². The summed E-state index contributed by atoms with van der Waals surface area (Å²) in [6, 6.07) is 12.0. The van der Waals surface area contributed by atoms with Crippen LogP contribution < -0.4 is 4.57 Å². The summed E-state index contributed by atoms with van der Waals surface area (Å²) in [4.78, 5) is 0. The molecule has 0 spiro atoms. The van der Waals surface area contributed by atoms with Gasteiger partial charge in [0.25, 0.3) is 10.1 Å². The minimum atomic E-state index is -3.87. The van der Waals surface area contributed by atoms with E-state index < -0.39 is 10.1 Å². The van der Waals surface area contributed by atoms with Gasteiger partial charge in [-0.1, -0.05) is 12.1 Å². The number of aromatic nitrogens is 1. The molecular formula is C13H17NO4S. The van der Waals surface area contributed by atoms with Gasteiger partial charge in [0, 0.05) is 30.9 Å². The standard InChI is InChI=1S/C13H15NO3S.H2O/c1-11-7-8-12-5-2-3-6-13(12)14(11)9-4-10-18(15,16)17;/h2-3,5-8H,4,9-10H2,1H3;1H2. The summed E-state index contributed by atoms with van der Waals surface area (Å²) in [5, 5.41) is 1.12. The molecule has 0 atom stereocenters. The van der Waals surface area contributed by atoms with Crippen LogP contribution in [0.25, 0.3) is 10.9 Å². The molecule has 6 heteroatoms. The number of pyridine rings is 1. The fourth-order valence-electron chi connectivity index (χ4n) is 2.07. The first-order chi connectivity index (χ1) is 8.47. The molecule has 1 aromatic carbocycles. The van der Waals surface area contributed by atoms with Crippen molar-refractivity contribution < 1.29 is 23.0 Å². The van der Waals surface area contributed by atoms with Crippen molar-refractivity contribution in [1.82, 2.24) is 0 Å². The highest BCUT2D eigenvalue weighted by atomic mass is 32.2. The maximum Gasteiger partial charge on any atom is 0.265 e. The van der Waals surface area contributed by atoms with E-state index in [-0.39, 0.29) is 11.2 Å². The summed E-state index contributed by atoms with van der Waals surface area (Å²) in [6.45, 7) is 2.56. The Labute approximate surface area is 112 Å². The molecule has 2 rings (SSSR count). The number of hydrogen-bond acceptors (Lipinski definition) is 3. The van der Waals surface area contributed by atoms with Crippen molar-refractivity contribution in [2.45, 2.75) is 19.9 Å². The molecule has 2 N–H and O–H groups in total. The molecule has 1 heterocycles. The third kappa shape index (κ3) is 3.99.